The SMILES string of the molecule is CNC(Cc1ccc(F)c(F)c1)c1ccc(I)c(Cl)c1. The van der Waals surface area contributed by atoms with E-state index in [2.05, 4.69) is 27.9 Å². The van der Waals surface area contributed by atoms with E-state index in [4.69, 9.17) is 11.6 Å². The number of halogens is 4. The summed E-state index contributed by atoms with van der Waals surface area (Å²) >= 11 is 8.28. The van der Waals surface area contributed by atoms with E-state index in [1.807, 2.05) is 25.2 Å². The maximum absolute atomic E-state index is 13.2. The van der Waals surface area contributed by atoms with Crippen molar-refractivity contribution in [3.05, 3.63) is 67.8 Å². The lowest BCUT2D eigenvalue weighted by Crippen LogP contribution is -2.19. The van der Waals surface area contributed by atoms with Crippen molar-refractivity contribution < 1.29 is 8.78 Å². The minimum absolute atomic E-state index is 0.00522. The Morgan fingerprint density at radius 1 is 1.15 bits per heavy atom. The molecule has 1 nitrogen and oxygen atoms in total. The van der Waals surface area contributed by atoms with Gasteiger partial charge in [-0.25, -0.2) is 8.78 Å². The minimum Gasteiger partial charge on any atom is -0.313 e. The average molecular weight is 408 g/mol. The van der Waals surface area contributed by atoms with Gasteiger partial charge in [0.1, 0.15) is 0 Å². The Balaban J connectivity index is 2.23. The maximum atomic E-state index is 13.2. The van der Waals surface area contributed by atoms with Crippen LogP contribution in [0.3, 0.4) is 0 Å². The largest absolute Gasteiger partial charge is 0.313 e. The Hall–Kier alpha value is -0.720. The van der Waals surface area contributed by atoms with Gasteiger partial charge in [-0.3, -0.25) is 0 Å². The van der Waals surface area contributed by atoms with Crippen molar-refractivity contribution in [1.82, 2.24) is 5.32 Å². The highest BCUT2D eigenvalue weighted by molar-refractivity contribution is 14.1. The lowest BCUT2D eigenvalue weighted by molar-refractivity contribution is 0.504. The summed E-state index contributed by atoms with van der Waals surface area (Å²) in [6.07, 6.45) is 0.560. The van der Waals surface area contributed by atoms with E-state index >= 15 is 0 Å². The molecule has 0 spiro atoms. The highest BCUT2D eigenvalue weighted by Gasteiger charge is 2.13. The summed E-state index contributed by atoms with van der Waals surface area (Å²) in [5.74, 6) is -1.65. The summed E-state index contributed by atoms with van der Waals surface area (Å²) in [4.78, 5) is 0. The van der Waals surface area contributed by atoms with Crippen LogP contribution in [0.2, 0.25) is 5.02 Å². The lowest BCUT2D eigenvalue weighted by atomic mass is 9.99. The average Bonchev–Trinajstić information content (AvgIpc) is 2.43. The molecule has 0 aliphatic carbocycles. The van der Waals surface area contributed by atoms with Gasteiger partial charge in [-0.15, -0.1) is 0 Å². The first-order valence-electron chi connectivity index (χ1n) is 6.07. The van der Waals surface area contributed by atoms with Gasteiger partial charge in [-0.2, -0.15) is 0 Å². The van der Waals surface area contributed by atoms with Crippen LogP contribution in [-0.4, -0.2) is 7.05 Å². The van der Waals surface area contributed by atoms with Crippen molar-refractivity contribution >= 4 is 34.2 Å². The molecule has 20 heavy (non-hydrogen) atoms. The van der Waals surface area contributed by atoms with Gasteiger partial charge < -0.3 is 5.32 Å². The van der Waals surface area contributed by atoms with E-state index in [1.165, 1.54) is 6.07 Å². The van der Waals surface area contributed by atoms with Gasteiger partial charge in [0.05, 0.1) is 5.02 Å². The molecule has 0 saturated carbocycles. The number of hydrogen-bond donors (Lipinski definition) is 1. The van der Waals surface area contributed by atoms with Crippen molar-refractivity contribution in [2.24, 2.45) is 0 Å². The van der Waals surface area contributed by atoms with Crippen LogP contribution in [0, 0.1) is 15.2 Å². The van der Waals surface area contributed by atoms with Crippen LogP contribution >= 0.6 is 34.2 Å². The molecule has 0 fully saturated rings. The van der Waals surface area contributed by atoms with Crippen LogP contribution in [0.25, 0.3) is 0 Å². The van der Waals surface area contributed by atoms with E-state index in [1.54, 1.807) is 6.07 Å². The Bertz CT molecular complexity index is 619. The van der Waals surface area contributed by atoms with Crippen LogP contribution < -0.4 is 5.32 Å². The summed E-state index contributed by atoms with van der Waals surface area (Å²) in [6, 6.07) is 9.78. The molecule has 0 heterocycles. The summed E-state index contributed by atoms with van der Waals surface area (Å²) in [5, 5.41) is 3.86. The van der Waals surface area contributed by atoms with Crippen molar-refractivity contribution in [3.8, 4) is 0 Å². The molecule has 0 bridgehead atoms. The third-order valence-corrected chi connectivity index (χ3v) is 4.69. The second-order valence-electron chi connectivity index (χ2n) is 4.47. The van der Waals surface area contributed by atoms with Crippen molar-refractivity contribution in [2.45, 2.75) is 12.5 Å². The molecule has 0 aromatic heterocycles. The van der Waals surface area contributed by atoms with Gasteiger partial charge in [-0.05, 0) is 71.5 Å². The van der Waals surface area contributed by atoms with E-state index in [0.717, 1.165) is 20.8 Å². The smallest absolute Gasteiger partial charge is 0.159 e. The number of hydrogen-bond acceptors (Lipinski definition) is 1. The van der Waals surface area contributed by atoms with Crippen molar-refractivity contribution in [3.63, 3.8) is 0 Å². The zero-order valence-electron chi connectivity index (χ0n) is 10.8. The molecule has 1 N–H and O–H groups in total. The predicted molar refractivity (Wildman–Crippen MR) is 86.0 cm³/mol. The first-order chi connectivity index (χ1) is 9.51. The first kappa shape index (κ1) is 15.7. The van der Waals surface area contributed by atoms with Gasteiger partial charge in [0, 0.05) is 9.61 Å². The molecular weight excluding hydrogens is 395 g/mol. The van der Waals surface area contributed by atoms with Crippen LogP contribution in [0.4, 0.5) is 8.78 Å². The fourth-order valence-corrected chi connectivity index (χ4v) is 2.54. The summed E-state index contributed by atoms with van der Waals surface area (Å²) in [7, 11) is 1.83. The van der Waals surface area contributed by atoms with Crippen LogP contribution in [0.15, 0.2) is 36.4 Å². The fourth-order valence-electron chi connectivity index (χ4n) is 2.02. The van der Waals surface area contributed by atoms with E-state index in [0.29, 0.717) is 11.4 Å². The van der Waals surface area contributed by atoms with Gasteiger partial charge in [0.2, 0.25) is 0 Å². The molecule has 1 unspecified atom stereocenters. The van der Waals surface area contributed by atoms with Crippen LogP contribution in [0.5, 0.6) is 0 Å². The topological polar surface area (TPSA) is 12.0 Å². The van der Waals surface area contributed by atoms with Crippen molar-refractivity contribution in [1.29, 1.82) is 0 Å². The molecule has 2 rings (SSSR count). The predicted octanol–water partition coefficient (Wildman–Crippen LogP) is 4.73. The lowest BCUT2D eigenvalue weighted by Gasteiger charge is -2.17. The second kappa shape index (κ2) is 6.83. The number of nitrogens with one attached hydrogen (secondary N) is 1. The van der Waals surface area contributed by atoms with Gasteiger partial charge in [-0.1, -0.05) is 23.7 Å². The maximum Gasteiger partial charge on any atom is 0.159 e. The third-order valence-electron chi connectivity index (χ3n) is 3.12. The molecule has 0 radical (unpaired) electrons. The summed E-state index contributed by atoms with van der Waals surface area (Å²) in [6.45, 7) is 0. The number of likely N-dealkylation sites (N-methyl/N-ethyl adjacent to an activating group) is 1. The molecule has 0 aliphatic rings. The van der Waals surface area contributed by atoms with E-state index < -0.39 is 11.6 Å². The second-order valence-corrected chi connectivity index (χ2v) is 6.04. The van der Waals surface area contributed by atoms with Gasteiger partial charge >= 0.3 is 0 Å². The normalized spacial score (nSPS) is 12.4. The van der Waals surface area contributed by atoms with Gasteiger partial charge in [0.15, 0.2) is 11.6 Å². The summed E-state index contributed by atoms with van der Waals surface area (Å²) in [5.41, 5.74) is 1.75. The molecule has 1 atom stereocenters. The van der Waals surface area contributed by atoms with Gasteiger partial charge in [0.25, 0.3) is 0 Å². The number of benzene rings is 2. The molecule has 2 aromatic rings. The highest BCUT2D eigenvalue weighted by Crippen LogP contribution is 2.25. The molecular formula is C15H13ClF2IN. The monoisotopic (exact) mass is 407 g/mol. The van der Waals surface area contributed by atoms with E-state index in [9.17, 15) is 8.78 Å². The van der Waals surface area contributed by atoms with Crippen LogP contribution in [-0.2, 0) is 6.42 Å². The molecule has 5 heteroatoms. The van der Waals surface area contributed by atoms with E-state index in [-0.39, 0.29) is 6.04 Å². The molecule has 0 amide bonds. The molecule has 0 saturated heterocycles. The standard InChI is InChI=1S/C15H13ClF2IN/c1-20-15(10-3-5-14(19)11(16)8-10)7-9-2-4-12(17)13(18)6-9/h2-6,8,15,20H,7H2,1H3. The summed E-state index contributed by atoms with van der Waals surface area (Å²) < 4.78 is 27.1. The molecule has 106 valence electrons. The zero-order chi connectivity index (χ0) is 14.7. The van der Waals surface area contributed by atoms with Crippen LogP contribution in [0.1, 0.15) is 17.2 Å². The Morgan fingerprint density at radius 2 is 1.90 bits per heavy atom. The first-order valence-corrected chi connectivity index (χ1v) is 7.53. The Kier molecular flexibility index (Phi) is 5.35. The quantitative estimate of drug-likeness (QED) is 0.723. The third kappa shape index (κ3) is 3.68. The fraction of sp³-hybridized carbons (Fsp3) is 0.200. The molecule has 2 aromatic carbocycles. The Labute approximate surface area is 135 Å². The minimum atomic E-state index is -0.827. The van der Waals surface area contributed by atoms with Crippen molar-refractivity contribution in [2.75, 3.05) is 7.05 Å². The Morgan fingerprint density at radius 3 is 2.50 bits per heavy atom. The number of rotatable bonds is 4. The highest BCUT2D eigenvalue weighted by atomic mass is 127. The molecule has 0 aliphatic heterocycles. The zero-order valence-corrected chi connectivity index (χ0v) is 13.7.